The van der Waals surface area contributed by atoms with E-state index in [4.69, 9.17) is 0 Å². The second kappa shape index (κ2) is 8.93. The number of rotatable bonds is 1. The molecule has 2 fully saturated rings. The first kappa shape index (κ1) is 16.9. The van der Waals surface area contributed by atoms with Gasteiger partial charge in [-0.15, -0.1) is 0 Å². The lowest BCUT2D eigenvalue weighted by molar-refractivity contribution is 0.118. The minimum Gasteiger partial charge on any atom is -0.306 e. The second-order valence-electron chi connectivity index (χ2n) is 5.12. The molecule has 17 heavy (non-hydrogen) atoms. The fourth-order valence-corrected chi connectivity index (χ4v) is 2.90. The van der Waals surface area contributed by atoms with Crippen molar-refractivity contribution in [3.8, 4) is 0 Å². The lowest BCUT2D eigenvalue weighted by Crippen LogP contribution is -2.43. The van der Waals surface area contributed by atoms with Crippen LogP contribution in [-0.4, -0.2) is 49.1 Å². The average molecular weight is 242 g/mol. The molecule has 0 aromatic carbocycles. The minimum atomic E-state index is 0.742. The van der Waals surface area contributed by atoms with E-state index in [0.717, 1.165) is 17.9 Å². The number of hydrogen-bond acceptors (Lipinski definition) is 2. The largest absolute Gasteiger partial charge is 0.306 e. The Morgan fingerprint density at radius 3 is 1.94 bits per heavy atom. The first-order chi connectivity index (χ1) is 8.16. The van der Waals surface area contributed by atoms with Crippen LogP contribution in [0, 0.1) is 11.8 Å². The molecule has 2 aliphatic rings. The molecule has 2 nitrogen and oxygen atoms in total. The molecular weight excluding hydrogens is 208 g/mol. The third kappa shape index (κ3) is 4.97. The van der Waals surface area contributed by atoms with Gasteiger partial charge in [0, 0.05) is 25.7 Å². The van der Waals surface area contributed by atoms with Gasteiger partial charge in [0.25, 0.3) is 0 Å². The van der Waals surface area contributed by atoms with Crippen molar-refractivity contribution in [1.82, 2.24) is 9.80 Å². The van der Waals surface area contributed by atoms with Gasteiger partial charge in [-0.3, -0.25) is 0 Å². The highest BCUT2D eigenvalue weighted by Gasteiger charge is 2.35. The number of nitrogens with zero attached hydrogens (tertiary/aromatic N) is 2. The van der Waals surface area contributed by atoms with Crippen molar-refractivity contribution in [3.63, 3.8) is 0 Å². The molecule has 0 spiro atoms. The molecule has 2 rings (SSSR count). The van der Waals surface area contributed by atoms with Gasteiger partial charge < -0.3 is 9.80 Å². The van der Waals surface area contributed by atoms with Crippen LogP contribution in [-0.2, 0) is 0 Å². The molecule has 0 amide bonds. The fraction of sp³-hybridized carbons (Fsp3) is 1.00. The SMILES string of the molecule is CC.CC.CC(C)N1CCC2CN(C)CC2C1. The first-order valence-corrected chi connectivity index (χ1v) is 7.59. The van der Waals surface area contributed by atoms with Crippen LogP contribution in [0.25, 0.3) is 0 Å². The van der Waals surface area contributed by atoms with Gasteiger partial charge >= 0.3 is 0 Å². The number of piperidine rings is 1. The third-order valence-corrected chi connectivity index (χ3v) is 3.75. The average Bonchev–Trinajstić information content (AvgIpc) is 2.73. The Bertz CT molecular complexity index is 180. The lowest BCUT2D eigenvalue weighted by atomic mass is 9.88. The Balaban J connectivity index is 0.000000581. The predicted octanol–water partition coefficient (Wildman–Crippen LogP) is 3.33. The molecule has 0 aromatic rings. The second-order valence-corrected chi connectivity index (χ2v) is 5.12. The van der Waals surface area contributed by atoms with Gasteiger partial charge in [-0.25, -0.2) is 0 Å². The smallest absolute Gasteiger partial charge is 0.00387 e. The van der Waals surface area contributed by atoms with Crippen molar-refractivity contribution in [1.29, 1.82) is 0 Å². The summed E-state index contributed by atoms with van der Waals surface area (Å²) in [7, 11) is 2.26. The van der Waals surface area contributed by atoms with E-state index in [2.05, 4.69) is 30.7 Å². The van der Waals surface area contributed by atoms with Gasteiger partial charge in [-0.2, -0.15) is 0 Å². The highest BCUT2D eigenvalue weighted by Crippen LogP contribution is 2.30. The molecule has 2 atom stereocenters. The highest BCUT2D eigenvalue weighted by molar-refractivity contribution is 4.89. The molecule has 2 heterocycles. The third-order valence-electron chi connectivity index (χ3n) is 3.75. The van der Waals surface area contributed by atoms with E-state index in [1.54, 1.807) is 0 Å². The van der Waals surface area contributed by atoms with E-state index in [1.807, 2.05) is 27.7 Å². The summed E-state index contributed by atoms with van der Waals surface area (Å²) in [5.41, 5.74) is 0. The Labute approximate surface area is 109 Å². The Morgan fingerprint density at radius 2 is 1.41 bits per heavy atom. The molecule has 2 heteroatoms. The van der Waals surface area contributed by atoms with Gasteiger partial charge in [0.15, 0.2) is 0 Å². The van der Waals surface area contributed by atoms with E-state index in [-0.39, 0.29) is 0 Å². The standard InChI is InChI=1S/C11H22N2.2C2H6/c1-9(2)13-5-4-10-6-12(3)7-11(10)8-13;2*1-2/h9-11H,4-8H2,1-3H3;2*1-2H3. The van der Waals surface area contributed by atoms with Crippen LogP contribution < -0.4 is 0 Å². The number of fused-ring (bicyclic) bond motifs is 1. The maximum atomic E-state index is 2.64. The van der Waals surface area contributed by atoms with Crippen LogP contribution in [0.4, 0.5) is 0 Å². The van der Waals surface area contributed by atoms with Crippen LogP contribution in [0.1, 0.15) is 48.0 Å². The highest BCUT2D eigenvalue weighted by atomic mass is 15.2. The van der Waals surface area contributed by atoms with Gasteiger partial charge in [0.05, 0.1) is 0 Å². The summed E-state index contributed by atoms with van der Waals surface area (Å²) < 4.78 is 0. The summed E-state index contributed by atoms with van der Waals surface area (Å²) in [4.78, 5) is 5.14. The number of hydrogen-bond donors (Lipinski definition) is 0. The van der Waals surface area contributed by atoms with E-state index >= 15 is 0 Å². The fourth-order valence-electron chi connectivity index (χ4n) is 2.90. The van der Waals surface area contributed by atoms with Crippen LogP contribution in [0.15, 0.2) is 0 Å². The Morgan fingerprint density at radius 1 is 0.882 bits per heavy atom. The molecule has 0 aliphatic carbocycles. The first-order valence-electron chi connectivity index (χ1n) is 7.59. The Kier molecular flexibility index (Phi) is 8.89. The topological polar surface area (TPSA) is 6.48 Å². The van der Waals surface area contributed by atoms with Crippen LogP contribution in [0.2, 0.25) is 0 Å². The van der Waals surface area contributed by atoms with Crippen molar-refractivity contribution in [3.05, 3.63) is 0 Å². The maximum absolute atomic E-state index is 2.64. The maximum Gasteiger partial charge on any atom is 0.00387 e. The Hall–Kier alpha value is -0.0800. The predicted molar refractivity (Wildman–Crippen MR) is 78.5 cm³/mol. The van der Waals surface area contributed by atoms with Crippen molar-refractivity contribution in [2.75, 3.05) is 33.2 Å². The van der Waals surface area contributed by atoms with Gasteiger partial charge in [0.1, 0.15) is 0 Å². The van der Waals surface area contributed by atoms with Crippen molar-refractivity contribution < 1.29 is 0 Å². The summed E-state index contributed by atoms with van der Waals surface area (Å²) in [6, 6.07) is 0.742. The monoisotopic (exact) mass is 242 g/mol. The van der Waals surface area contributed by atoms with Crippen molar-refractivity contribution >= 4 is 0 Å². The molecule has 2 saturated heterocycles. The summed E-state index contributed by atoms with van der Waals surface area (Å²) in [6.07, 6.45) is 1.42. The molecule has 2 unspecified atom stereocenters. The zero-order valence-corrected chi connectivity index (χ0v) is 13.2. The normalized spacial score (nSPS) is 28.9. The lowest BCUT2D eigenvalue weighted by Gasteiger charge is -2.36. The molecule has 0 aromatic heterocycles. The van der Waals surface area contributed by atoms with E-state index in [9.17, 15) is 0 Å². The minimum absolute atomic E-state index is 0.742. The molecular formula is C15H34N2. The molecule has 0 N–H and O–H groups in total. The summed E-state index contributed by atoms with van der Waals surface area (Å²) in [5, 5.41) is 0. The van der Waals surface area contributed by atoms with Crippen LogP contribution in [0.3, 0.4) is 0 Å². The van der Waals surface area contributed by atoms with E-state index in [1.165, 1.54) is 32.6 Å². The van der Waals surface area contributed by atoms with Gasteiger partial charge in [-0.05, 0) is 45.7 Å². The zero-order valence-electron chi connectivity index (χ0n) is 13.2. The van der Waals surface area contributed by atoms with E-state index in [0.29, 0.717) is 0 Å². The molecule has 0 bridgehead atoms. The van der Waals surface area contributed by atoms with Gasteiger partial charge in [0.2, 0.25) is 0 Å². The quantitative estimate of drug-likeness (QED) is 0.696. The summed E-state index contributed by atoms with van der Waals surface area (Å²) in [6.45, 7) is 18.0. The molecule has 0 radical (unpaired) electrons. The van der Waals surface area contributed by atoms with E-state index < -0.39 is 0 Å². The molecule has 2 aliphatic heterocycles. The van der Waals surface area contributed by atoms with Crippen LogP contribution >= 0.6 is 0 Å². The molecule has 104 valence electrons. The van der Waals surface area contributed by atoms with Gasteiger partial charge in [-0.1, -0.05) is 27.7 Å². The van der Waals surface area contributed by atoms with Crippen molar-refractivity contribution in [2.45, 2.75) is 54.0 Å². The van der Waals surface area contributed by atoms with Crippen molar-refractivity contribution in [2.24, 2.45) is 11.8 Å². The number of likely N-dealkylation sites (tertiary alicyclic amines) is 2. The zero-order chi connectivity index (χ0) is 13.4. The molecule has 0 saturated carbocycles. The summed E-state index contributed by atoms with van der Waals surface area (Å²) in [5.74, 6) is 1.96. The van der Waals surface area contributed by atoms with Crippen LogP contribution in [0.5, 0.6) is 0 Å². The summed E-state index contributed by atoms with van der Waals surface area (Å²) >= 11 is 0.